The summed E-state index contributed by atoms with van der Waals surface area (Å²) in [6.07, 6.45) is 0.832. The van der Waals surface area contributed by atoms with Crippen LogP contribution in [0, 0.1) is 5.82 Å². The van der Waals surface area contributed by atoms with Gasteiger partial charge in [0.15, 0.2) is 0 Å². The predicted molar refractivity (Wildman–Crippen MR) is 172 cm³/mol. The molecule has 4 aromatic carbocycles. The molecule has 4 rings (SSSR count). The number of amides is 2. The molecule has 0 spiro atoms. The number of nitrogens with one attached hydrogen (secondary N) is 1. The van der Waals surface area contributed by atoms with Crippen molar-refractivity contribution in [1.29, 1.82) is 0 Å². The van der Waals surface area contributed by atoms with Crippen LogP contribution in [0.4, 0.5) is 10.1 Å². The predicted octanol–water partition coefficient (Wildman–Crippen LogP) is 6.49. The van der Waals surface area contributed by atoms with E-state index in [0.717, 1.165) is 9.87 Å². The Labute approximate surface area is 267 Å². The lowest BCUT2D eigenvalue weighted by molar-refractivity contribution is -0.140. The highest BCUT2D eigenvalue weighted by Crippen LogP contribution is 2.35. The van der Waals surface area contributed by atoms with E-state index in [1.165, 1.54) is 59.5 Å². The molecule has 44 heavy (non-hydrogen) atoms. The van der Waals surface area contributed by atoms with Crippen molar-refractivity contribution in [3.05, 3.63) is 130 Å². The van der Waals surface area contributed by atoms with Crippen molar-refractivity contribution < 1.29 is 22.4 Å². The Kier molecular flexibility index (Phi) is 11.4. The normalized spacial score (nSPS) is 11.9. The van der Waals surface area contributed by atoms with Gasteiger partial charge < -0.3 is 10.2 Å². The Morgan fingerprint density at radius 2 is 1.48 bits per heavy atom. The summed E-state index contributed by atoms with van der Waals surface area (Å²) in [6.45, 7) is 1.52. The van der Waals surface area contributed by atoms with Gasteiger partial charge in [-0.05, 0) is 53.9 Å². The van der Waals surface area contributed by atoms with Crippen LogP contribution in [0.3, 0.4) is 0 Å². The van der Waals surface area contributed by atoms with E-state index in [0.29, 0.717) is 18.5 Å². The summed E-state index contributed by atoms with van der Waals surface area (Å²) in [7, 11) is -4.33. The summed E-state index contributed by atoms with van der Waals surface area (Å²) in [5.41, 5.74) is 1.36. The summed E-state index contributed by atoms with van der Waals surface area (Å²) in [6, 6.07) is 25.9. The maximum atomic E-state index is 14.4. The van der Waals surface area contributed by atoms with Crippen molar-refractivity contribution in [2.45, 2.75) is 37.2 Å². The van der Waals surface area contributed by atoms with Crippen molar-refractivity contribution in [3.63, 3.8) is 0 Å². The van der Waals surface area contributed by atoms with E-state index >= 15 is 0 Å². The second kappa shape index (κ2) is 15.2. The van der Waals surface area contributed by atoms with Crippen LogP contribution in [0.25, 0.3) is 0 Å². The first-order valence-electron chi connectivity index (χ1n) is 14.0. The first-order chi connectivity index (χ1) is 21.1. The number of nitrogens with zero attached hydrogens (tertiary/aromatic N) is 2. The minimum absolute atomic E-state index is 0.00754. The van der Waals surface area contributed by atoms with Gasteiger partial charge in [0.1, 0.15) is 18.4 Å². The van der Waals surface area contributed by atoms with Gasteiger partial charge in [-0.15, -0.1) is 0 Å². The van der Waals surface area contributed by atoms with Gasteiger partial charge in [-0.1, -0.05) is 96.9 Å². The molecule has 0 unspecified atom stereocenters. The number of sulfonamides is 1. The monoisotopic (exact) mass is 655 g/mol. The molecule has 0 saturated carbocycles. The van der Waals surface area contributed by atoms with Crippen LogP contribution in [-0.2, 0) is 32.6 Å². The SMILES string of the molecule is CCCNC(=O)[C@@H](Cc1ccccc1)N(Cc1ccc(F)cc1)C(=O)CN(c1cccc(Cl)c1Cl)S(=O)(=O)c1ccccc1. The summed E-state index contributed by atoms with van der Waals surface area (Å²) in [4.78, 5) is 29.3. The Balaban J connectivity index is 1.81. The highest BCUT2D eigenvalue weighted by Gasteiger charge is 2.35. The molecule has 7 nitrogen and oxygen atoms in total. The van der Waals surface area contributed by atoms with Crippen LogP contribution < -0.4 is 9.62 Å². The van der Waals surface area contributed by atoms with Crippen molar-refractivity contribution in [2.75, 3.05) is 17.4 Å². The van der Waals surface area contributed by atoms with Crippen molar-refractivity contribution in [3.8, 4) is 0 Å². The number of anilines is 1. The number of carbonyl (C=O) groups excluding carboxylic acids is 2. The fourth-order valence-electron chi connectivity index (χ4n) is 4.62. The molecule has 0 bridgehead atoms. The van der Waals surface area contributed by atoms with E-state index in [2.05, 4.69) is 5.32 Å². The molecule has 1 N–H and O–H groups in total. The molecular weight excluding hydrogens is 624 g/mol. The first-order valence-corrected chi connectivity index (χ1v) is 16.2. The van der Waals surface area contributed by atoms with Crippen molar-refractivity contribution in [1.82, 2.24) is 10.2 Å². The van der Waals surface area contributed by atoms with E-state index < -0.39 is 40.2 Å². The van der Waals surface area contributed by atoms with Crippen LogP contribution in [0.15, 0.2) is 108 Å². The van der Waals surface area contributed by atoms with Crippen LogP contribution in [0.1, 0.15) is 24.5 Å². The molecule has 11 heteroatoms. The number of hydrogen-bond donors (Lipinski definition) is 1. The molecule has 0 saturated heterocycles. The topological polar surface area (TPSA) is 86.8 Å². The highest BCUT2D eigenvalue weighted by atomic mass is 35.5. The van der Waals surface area contributed by atoms with E-state index in [-0.39, 0.29) is 33.6 Å². The highest BCUT2D eigenvalue weighted by molar-refractivity contribution is 7.92. The average molecular weight is 657 g/mol. The lowest BCUT2D eigenvalue weighted by Crippen LogP contribution is -2.53. The fourth-order valence-corrected chi connectivity index (χ4v) is 6.52. The van der Waals surface area contributed by atoms with Gasteiger partial charge >= 0.3 is 0 Å². The van der Waals surface area contributed by atoms with Gasteiger partial charge in [-0.2, -0.15) is 0 Å². The van der Waals surface area contributed by atoms with Gasteiger partial charge in [0.25, 0.3) is 10.0 Å². The summed E-state index contributed by atoms with van der Waals surface area (Å²) in [5, 5.41) is 2.93. The number of benzene rings is 4. The average Bonchev–Trinajstić information content (AvgIpc) is 3.03. The quantitative estimate of drug-likeness (QED) is 0.178. The molecule has 0 radical (unpaired) electrons. The van der Waals surface area contributed by atoms with Crippen LogP contribution in [0.2, 0.25) is 10.0 Å². The van der Waals surface area contributed by atoms with Gasteiger partial charge in [0.05, 0.1) is 20.6 Å². The third-order valence-electron chi connectivity index (χ3n) is 6.90. The molecule has 0 aliphatic carbocycles. The molecular formula is C33H32Cl2FN3O4S. The van der Waals surface area contributed by atoms with Crippen molar-refractivity contribution >= 4 is 50.7 Å². The van der Waals surface area contributed by atoms with Gasteiger partial charge in [0, 0.05) is 19.5 Å². The zero-order valence-electron chi connectivity index (χ0n) is 24.0. The molecule has 4 aromatic rings. The van der Waals surface area contributed by atoms with E-state index in [1.54, 1.807) is 18.2 Å². The lowest BCUT2D eigenvalue weighted by Gasteiger charge is -2.34. The zero-order chi connectivity index (χ0) is 31.7. The number of halogens is 3. The number of carbonyl (C=O) groups is 2. The first kappa shape index (κ1) is 33.0. The maximum Gasteiger partial charge on any atom is 0.264 e. The number of hydrogen-bond acceptors (Lipinski definition) is 4. The lowest BCUT2D eigenvalue weighted by atomic mass is 10.0. The number of rotatable bonds is 13. The molecule has 230 valence electrons. The zero-order valence-corrected chi connectivity index (χ0v) is 26.3. The molecule has 0 heterocycles. The van der Waals surface area contributed by atoms with Gasteiger partial charge in [-0.3, -0.25) is 13.9 Å². The molecule has 2 amide bonds. The Bertz CT molecular complexity index is 1670. The van der Waals surface area contributed by atoms with Crippen LogP contribution >= 0.6 is 23.2 Å². The minimum Gasteiger partial charge on any atom is -0.354 e. The summed E-state index contributed by atoms with van der Waals surface area (Å²) < 4.78 is 42.7. The van der Waals surface area contributed by atoms with E-state index in [4.69, 9.17) is 23.2 Å². The molecule has 1 atom stereocenters. The molecule has 0 aliphatic heterocycles. The van der Waals surface area contributed by atoms with Gasteiger partial charge in [0.2, 0.25) is 11.8 Å². The second-order valence-corrected chi connectivity index (χ2v) is 12.7. The smallest absolute Gasteiger partial charge is 0.264 e. The van der Waals surface area contributed by atoms with Gasteiger partial charge in [-0.25, -0.2) is 12.8 Å². The molecule has 0 aliphatic rings. The Morgan fingerprint density at radius 1 is 0.841 bits per heavy atom. The summed E-state index contributed by atoms with van der Waals surface area (Å²) in [5.74, 6) is -1.52. The largest absolute Gasteiger partial charge is 0.354 e. The van der Waals surface area contributed by atoms with Crippen LogP contribution in [-0.4, -0.2) is 44.3 Å². The Hall–Kier alpha value is -3.92. The second-order valence-electron chi connectivity index (χ2n) is 10.0. The fraction of sp³-hybridized carbons (Fsp3) is 0.212. The standard InChI is InChI=1S/C33H32Cl2FN3O4S/c1-2-20-37-33(41)30(21-24-10-5-3-6-11-24)38(22-25-16-18-26(36)19-17-25)31(40)23-39(29-15-9-14-28(34)32(29)35)44(42,43)27-12-7-4-8-13-27/h3-19,30H,2,20-23H2,1H3,(H,37,41)/t30-/m1/s1. The van der Waals surface area contributed by atoms with Crippen molar-refractivity contribution in [2.24, 2.45) is 0 Å². The maximum absolute atomic E-state index is 14.4. The Morgan fingerprint density at radius 3 is 2.11 bits per heavy atom. The minimum atomic E-state index is -4.33. The van der Waals surface area contributed by atoms with E-state index in [1.807, 2.05) is 37.3 Å². The van der Waals surface area contributed by atoms with Crippen LogP contribution in [0.5, 0.6) is 0 Å². The molecule has 0 aromatic heterocycles. The summed E-state index contributed by atoms with van der Waals surface area (Å²) >= 11 is 12.8. The third-order valence-corrected chi connectivity index (χ3v) is 9.48. The molecule has 0 fully saturated rings. The van der Waals surface area contributed by atoms with E-state index in [9.17, 15) is 22.4 Å². The third kappa shape index (κ3) is 8.16.